The van der Waals surface area contributed by atoms with Gasteiger partial charge in [0.2, 0.25) is 5.91 Å². The largest absolute Gasteiger partial charge is 0.356 e. The topological polar surface area (TPSA) is 41.1 Å². The zero-order valence-electron chi connectivity index (χ0n) is 19.8. The van der Waals surface area contributed by atoms with Crippen molar-refractivity contribution in [2.24, 2.45) is 0 Å². The summed E-state index contributed by atoms with van der Waals surface area (Å²) in [5.74, 6) is -1.01. The number of hydrogen-bond acceptors (Lipinski definition) is 2. The molecular formula is C25H39BrF2N2O. The van der Waals surface area contributed by atoms with E-state index in [1.165, 1.54) is 24.6 Å². The molecule has 0 fully saturated rings. The molecule has 31 heavy (non-hydrogen) atoms. The van der Waals surface area contributed by atoms with Crippen LogP contribution in [0.1, 0.15) is 46.6 Å². The average Bonchev–Trinajstić information content (AvgIpc) is 2.73. The van der Waals surface area contributed by atoms with Gasteiger partial charge < -0.3 is 10.6 Å². The number of nitrogens with one attached hydrogen (secondary N) is 2. The molecule has 0 aromatic heterocycles. The number of terminal acetylenes is 1. The molecule has 0 saturated heterocycles. The number of aryl methyl sites for hydroxylation is 1. The van der Waals surface area contributed by atoms with E-state index in [9.17, 15) is 13.6 Å². The fourth-order valence-electron chi connectivity index (χ4n) is 1.89. The van der Waals surface area contributed by atoms with Gasteiger partial charge >= 0.3 is 0 Å². The van der Waals surface area contributed by atoms with Gasteiger partial charge in [-0.2, -0.15) is 0 Å². The van der Waals surface area contributed by atoms with Crippen LogP contribution in [-0.2, 0) is 4.79 Å². The van der Waals surface area contributed by atoms with Gasteiger partial charge in [0.05, 0.1) is 0 Å². The maximum Gasteiger partial charge on any atom is 0.216 e. The Morgan fingerprint density at radius 1 is 1.10 bits per heavy atom. The summed E-state index contributed by atoms with van der Waals surface area (Å²) in [6.45, 7) is 19.7. The van der Waals surface area contributed by atoms with Crippen molar-refractivity contribution in [1.29, 1.82) is 0 Å². The van der Waals surface area contributed by atoms with Crippen molar-refractivity contribution in [3.8, 4) is 12.8 Å². The Kier molecular flexibility index (Phi) is 32.4. The maximum atomic E-state index is 12.2. The Hall–Kier alpha value is -2.23. The smallest absolute Gasteiger partial charge is 0.216 e. The number of hydrogen-bond donors (Lipinski definition) is 2. The lowest BCUT2D eigenvalue weighted by Crippen LogP contribution is -2.25. The molecule has 0 atom stereocenters. The van der Waals surface area contributed by atoms with E-state index in [-0.39, 0.29) is 5.91 Å². The first kappa shape index (κ1) is 36.2. The minimum atomic E-state index is -0.521. The lowest BCUT2D eigenvalue weighted by molar-refractivity contribution is -0.118. The van der Waals surface area contributed by atoms with Gasteiger partial charge in [0.25, 0.3) is 0 Å². The second kappa shape index (κ2) is 27.8. The minimum Gasteiger partial charge on any atom is -0.356 e. The fraction of sp³-hybridized carbons (Fsp3) is 0.400. The van der Waals surface area contributed by atoms with Crippen LogP contribution in [0.3, 0.4) is 0 Å². The molecule has 1 aromatic rings. The van der Waals surface area contributed by atoms with Crippen molar-refractivity contribution in [3.05, 3.63) is 70.8 Å². The number of rotatable bonds is 7. The van der Waals surface area contributed by atoms with Gasteiger partial charge in [-0.25, -0.2) is 8.78 Å². The summed E-state index contributed by atoms with van der Waals surface area (Å²) in [6, 6.07) is 3.42. The molecule has 0 bridgehead atoms. The van der Waals surface area contributed by atoms with E-state index < -0.39 is 11.6 Å². The van der Waals surface area contributed by atoms with Crippen molar-refractivity contribution in [2.75, 3.05) is 19.6 Å². The summed E-state index contributed by atoms with van der Waals surface area (Å²) in [5.41, 5.74) is 1.86. The quantitative estimate of drug-likeness (QED) is 0.189. The van der Waals surface area contributed by atoms with Crippen LogP contribution in [0.15, 0.2) is 53.6 Å². The molecule has 0 saturated carbocycles. The summed E-state index contributed by atoms with van der Waals surface area (Å²) < 4.78 is 25.5. The molecule has 0 radical (unpaired) electrons. The lowest BCUT2D eigenvalue weighted by atomic mass is 10.2. The predicted molar refractivity (Wildman–Crippen MR) is 136 cm³/mol. The monoisotopic (exact) mass is 500 g/mol. The Labute approximate surface area is 197 Å². The summed E-state index contributed by atoms with van der Waals surface area (Å²) in [4.78, 5) is 10.6. The van der Waals surface area contributed by atoms with Crippen LogP contribution in [0, 0.1) is 31.4 Å². The summed E-state index contributed by atoms with van der Waals surface area (Å²) >= 11 is 3.41. The van der Waals surface area contributed by atoms with Crippen LogP contribution in [0.25, 0.3) is 0 Å². The number of allylic oxidation sites excluding steroid dienone is 2. The molecule has 3 nitrogen and oxygen atoms in total. The van der Waals surface area contributed by atoms with Crippen LogP contribution in [0.4, 0.5) is 8.78 Å². The normalized spacial score (nSPS) is 9.77. The number of amides is 1. The van der Waals surface area contributed by atoms with E-state index >= 15 is 0 Å². The molecule has 0 aliphatic carbocycles. The van der Waals surface area contributed by atoms with Crippen LogP contribution in [0.5, 0.6) is 0 Å². The Morgan fingerprint density at radius 3 is 1.94 bits per heavy atom. The SMILES string of the molecule is C#C.C/C=C(\C=C(/C)Br)CNCCCNC(C)=O.C=C.CC.Cc1cc(F)cc(F)c1. The van der Waals surface area contributed by atoms with Crippen molar-refractivity contribution in [3.63, 3.8) is 0 Å². The molecule has 0 aliphatic heterocycles. The molecule has 0 spiro atoms. The third-order valence-corrected chi connectivity index (χ3v) is 3.22. The van der Waals surface area contributed by atoms with Gasteiger partial charge in [0.15, 0.2) is 0 Å². The number of benzene rings is 1. The first-order valence-electron chi connectivity index (χ1n) is 9.94. The van der Waals surface area contributed by atoms with Gasteiger partial charge in [-0.1, -0.05) is 35.9 Å². The van der Waals surface area contributed by atoms with E-state index in [1.807, 2.05) is 27.7 Å². The number of carbonyl (C=O) groups is 1. The van der Waals surface area contributed by atoms with Crippen molar-refractivity contribution >= 4 is 21.8 Å². The van der Waals surface area contributed by atoms with E-state index in [1.54, 1.807) is 6.92 Å². The molecule has 0 heterocycles. The molecule has 176 valence electrons. The van der Waals surface area contributed by atoms with Crippen molar-refractivity contribution in [2.45, 2.75) is 48.0 Å². The van der Waals surface area contributed by atoms with Crippen molar-refractivity contribution in [1.82, 2.24) is 10.6 Å². The molecule has 2 N–H and O–H groups in total. The van der Waals surface area contributed by atoms with Crippen LogP contribution >= 0.6 is 15.9 Å². The van der Waals surface area contributed by atoms with Crippen LogP contribution < -0.4 is 10.6 Å². The van der Waals surface area contributed by atoms with Gasteiger partial charge in [0, 0.05) is 26.1 Å². The summed E-state index contributed by atoms with van der Waals surface area (Å²) in [5, 5.41) is 6.10. The highest BCUT2D eigenvalue weighted by Gasteiger charge is 1.95. The average molecular weight is 502 g/mol. The number of carbonyl (C=O) groups excluding carboxylic acids is 1. The molecule has 0 aliphatic rings. The molecule has 1 amide bonds. The van der Waals surface area contributed by atoms with E-state index in [4.69, 9.17) is 0 Å². The third kappa shape index (κ3) is 30.1. The van der Waals surface area contributed by atoms with Crippen LogP contribution in [-0.4, -0.2) is 25.5 Å². The number of halogens is 3. The first-order chi connectivity index (χ1) is 14.7. The van der Waals surface area contributed by atoms with E-state index in [2.05, 4.69) is 64.7 Å². The Bertz CT molecular complexity index is 602. The van der Waals surface area contributed by atoms with Gasteiger partial charge in [-0.15, -0.1) is 26.0 Å². The van der Waals surface area contributed by atoms with E-state index in [0.717, 1.165) is 36.6 Å². The summed E-state index contributed by atoms with van der Waals surface area (Å²) in [7, 11) is 0. The second-order valence-corrected chi connectivity index (χ2v) is 6.81. The highest BCUT2D eigenvalue weighted by atomic mass is 79.9. The van der Waals surface area contributed by atoms with Gasteiger partial charge in [0.1, 0.15) is 11.6 Å². The van der Waals surface area contributed by atoms with E-state index in [0.29, 0.717) is 5.56 Å². The molecule has 6 heteroatoms. The molecule has 1 aromatic carbocycles. The maximum absolute atomic E-state index is 12.2. The molecule has 1 rings (SSSR count). The standard InChI is InChI=1S/C12H21BrN2O.C7H6F2.C2H6.C2H4.C2H2/c1-4-12(8-10(2)13)9-14-6-5-7-15-11(3)16;1-5-2-6(8)4-7(9)3-5;3*1-2/h4,8,14H,5-7,9H2,1-3H3,(H,15,16);2-4H,1H3;1-2H3;1-2H2;1-2H/b10-8+,12-4+;;;;. The third-order valence-electron chi connectivity index (χ3n) is 3.00. The highest BCUT2D eigenvalue weighted by molar-refractivity contribution is 9.11. The first-order valence-corrected chi connectivity index (χ1v) is 10.7. The Morgan fingerprint density at radius 2 is 1.58 bits per heavy atom. The predicted octanol–water partition coefficient (Wildman–Crippen LogP) is 6.70. The second-order valence-electron chi connectivity index (χ2n) is 5.55. The molecular weight excluding hydrogens is 462 g/mol. The van der Waals surface area contributed by atoms with Crippen molar-refractivity contribution < 1.29 is 13.6 Å². The Balaban J connectivity index is -0.000000204. The highest BCUT2D eigenvalue weighted by Crippen LogP contribution is 2.07. The lowest BCUT2D eigenvalue weighted by Gasteiger charge is -2.06. The fourth-order valence-corrected chi connectivity index (χ4v) is 2.19. The summed E-state index contributed by atoms with van der Waals surface area (Å²) in [6.07, 6.45) is 13.1. The van der Waals surface area contributed by atoms with Crippen LogP contribution in [0.2, 0.25) is 0 Å². The van der Waals surface area contributed by atoms with Gasteiger partial charge in [-0.05, 0) is 67.6 Å². The minimum absolute atomic E-state index is 0.0342. The zero-order chi connectivity index (χ0) is 25.2. The molecule has 0 unspecified atom stereocenters. The zero-order valence-corrected chi connectivity index (χ0v) is 21.4. The van der Waals surface area contributed by atoms with Gasteiger partial charge in [-0.3, -0.25) is 4.79 Å².